The summed E-state index contributed by atoms with van der Waals surface area (Å²) in [6.45, 7) is 7.16. The van der Waals surface area contributed by atoms with Gasteiger partial charge in [-0.25, -0.2) is 14.5 Å². The van der Waals surface area contributed by atoms with Crippen LogP contribution in [0.4, 0.5) is 0 Å². The number of hydrogen-bond acceptors (Lipinski definition) is 4. The molecule has 1 aliphatic heterocycles. The quantitative estimate of drug-likeness (QED) is 0.936. The first-order valence-corrected chi connectivity index (χ1v) is 7.40. The van der Waals surface area contributed by atoms with Gasteiger partial charge < -0.3 is 10.0 Å². The molecule has 0 radical (unpaired) electrons. The number of hydrogen-bond donors (Lipinski definition) is 1. The maximum Gasteiger partial charge on any atom is 0.337 e. The van der Waals surface area contributed by atoms with Gasteiger partial charge in [-0.05, 0) is 32.4 Å². The molecule has 112 valence electrons. The third-order valence-corrected chi connectivity index (χ3v) is 4.34. The highest BCUT2D eigenvalue weighted by Crippen LogP contribution is 2.26. The second-order valence-corrected chi connectivity index (χ2v) is 5.59. The molecule has 6 nitrogen and oxygen atoms in total. The maximum atomic E-state index is 11.2. The molecule has 3 rings (SSSR count). The lowest BCUT2D eigenvalue weighted by Crippen LogP contribution is -2.34. The van der Waals surface area contributed by atoms with E-state index in [2.05, 4.69) is 21.9 Å². The molecular formula is C15H20N4O2. The molecule has 0 spiro atoms. The van der Waals surface area contributed by atoms with Crippen LogP contribution < -0.4 is 0 Å². The molecule has 0 atom stereocenters. The SMILES string of the molecule is CCN1CCC(n2ncc3cc(C(=O)O)c(C)nc32)CC1. The number of piperidine rings is 1. The fraction of sp³-hybridized carbons (Fsp3) is 0.533. The Morgan fingerprint density at radius 3 is 2.76 bits per heavy atom. The Balaban J connectivity index is 1.94. The van der Waals surface area contributed by atoms with Crippen molar-refractivity contribution in [2.75, 3.05) is 19.6 Å². The third kappa shape index (κ3) is 2.51. The molecule has 0 aromatic carbocycles. The summed E-state index contributed by atoms with van der Waals surface area (Å²) in [5.74, 6) is -0.939. The van der Waals surface area contributed by atoms with Gasteiger partial charge in [0.15, 0.2) is 5.65 Å². The van der Waals surface area contributed by atoms with E-state index in [-0.39, 0.29) is 5.56 Å². The van der Waals surface area contributed by atoms with Gasteiger partial charge in [0.25, 0.3) is 0 Å². The van der Waals surface area contributed by atoms with E-state index < -0.39 is 5.97 Å². The fourth-order valence-corrected chi connectivity index (χ4v) is 3.03. The van der Waals surface area contributed by atoms with E-state index in [1.807, 2.05) is 4.68 Å². The van der Waals surface area contributed by atoms with Crippen LogP contribution in [-0.4, -0.2) is 50.4 Å². The van der Waals surface area contributed by atoms with Gasteiger partial charge in [0.2, 0.25) is 0 Å². The number of carbonyl (C=O) groups is 1. The van der Waals surface area contributed by atoms with Crippen LogP contribution in [-0.2, 0) is 0 Å². The average molecular weight is 288 g/mol. The van der Waals surface area contributed by atoms with Gasteiger partial charge in [-0.3, -0.25) is 0 Å². The molecule has 0 saturated carbocycles. The zero-order chi connectivity index (χ0) is 15.0. The summed E-state index contributed by atoms with van der Waals surface area (Å²) in [6.07, 6.45) is 3.85. The van der Waals surface area contributed by atoms with E-state index in [1.165, 1.54) is 0 Å². The van der Waals surface area contributed by atoms with Crippen LogP contribution in [0.3, 0.4) is 0 Å². The van der Waals surface area contributed by atoms with Crippen molar-refractivity contribution >= 4 is 17.0 Å². The maximum absolute atomic E-state index is 11.2. The summed E-state index contributed by atoms with van der Waals surface area (Å²) in [5.41, 5.74) is 1.60. The van der Waals surface area contributed by atoms with Crippen molar-refractivity contribution in [1.29, 1.82) is 0 Å². The number of carboxylic acids is 1. The Hall–Kier alpha value is -1.95. The van der Waals surface area contributed by atoms with E-state index in [9.17, 15) is 4.79 Å². The van der Waals surface area contributed by atoms with E-state index in [1.54, 1.807) is 19.2 Å². The largest absolute Gasteiger partial charge is 0.478 e. The highest BCUT2D eigenvalue weighted by molar-refractivity contribution is 5.93. The molecule has 1 fully saturated rings. The molecule has 1 N–H and O–H groups in total. The minimum absolute atomic E-state index is 0.253. The highest BCUT2D eigenvalue weighted by atomic mass is 16.4. The van der Waals surface area contributed by atoms with Crippen LogP contribution in [0.2, 0.25) is 0 Å². The average Bonchev–Trinajstić information content (AvgIpc) is 2.89. The van der Waals surface area contributed by atoms with Gasteiger partial charge >= 0.3 is 5.97 Å². The van der Waals surface area contributed by atoms with Crippen LogP contribution in [0, 0.1) is 6.92 Å². The van der Waals surface area contributed by atoms with E-state index in [0.717, 1.165) is 43.5 Å². The summed E-state index contributed by atoms with van der Waals surface area (Å²) in [5, 5.41) is 14.4. The Kier molecular flexibility index (Phi) is 3.63. The molecule has 6 heteroatoms. The van der Waals surface area contributed by atoms with Crippen LogP contribution in [0.15, 0.2) is 12.3 Å². The normalized spacial score (nSPS) is 17.4. The molecule has 0 amide bonds. The molecule has 21 heavy (non-hydrogen) atoms. The highest BCUT2D eigenvalue weighted by Gasteiger charge is 2.22. The first-order valence-electron chi connectivity index (χ1n) is 7.40. The number of rotatable bonds is 3. The summed E-state index contributed by atoms with van der Waals surface area (Å²) >= 11 is 0. The van der Waals surface area contributed by atoms with Crippen LogP contribution in [0.25, 0.3) is 11.0 Å². The summed E-state index contributed by atoms with van der Waals surface area (Å²) in [6, 6.07) is 2.03. The van der Waals surface area contributed by atoms with Gasteiger partial charge in [0, 0.05) is 18.5 Å². The zero-order valence-electron chi connectivity index (χ0n) is 12.4. The van der Waals surface area contributed by atoms with Crippen molar-refractivity contribution in [3.63, 3.8) is 0 Å². The zero-order valence-corrected chi connectivity index (χ0v) is 12.4. The Morgan fingerprint density at radius 2 is 2.14 bits per heavy atom. The van der Waals surface area contributed by atoms with Crippen LogP contribution in [0.5, 0.6) is 0 Å². The fourth-order valence-electron chi connectivity index (χ4n) is 3.03. The third-order valence-electron chi connectivity index (χ3n) is 4.34. The van der Waals surface area contributed by atoms with Crippen LogP contribution >= 0.6 is 0 Å². The molecule has 1 saturated heterocycles. The molecule has 1 aliphatic rings. The number of nitrogens with zero attached hydrogens (tertiary/aromatic N) is 4. The molecule has 0 aliphatic carbocycles. The summed E-state index contributed by atoms with van der Waals surface area (Å²) in [4.78, 5) is 18.1. The van der Waals surface area contributed by atoms with Crippen molar-refractivity contribution in [2.45, 2.75) is 32.7 Å². The van der Waals surface area contributed by atoms with Gasteiger partial charge in [-0.1, -0.05) is 6.92 Å². The molecular weight excluding hydrogens is 268 g/mol. The lowest BCUT2D eigenvalue weighted by molar-refractivity contribution is 0.0696. The minimum Gasteiger partial charge on any atom is -0.478 e. The van der Waals surface area contributed by atoms with E-state index in [0.29, 0.717) is 11.7 Å². The lowest BCUT2D eigenvalue weighted by atomic mass is 10.1. The smallest absolute Gasteiger partial charge is 0.337 e. The van der Waals surface area contributed by atoms with Crippen molar-refractivity contribution in [2.24, 2.45) is 0 Å². The summed E-state index contributed by atoms with van der Waals surface area (Å²) < 4.78 is 1.97. The number of carboxylic acid groups (broad SMARTS) is 1. The second kappa shape index (κ2) is 5.44. The van der Waals surface area contributed by atoms with Gasteiger partial charge in [-0.15, -0.1) is 0 Å². The van der Waals surface area contributed by atoms with E-state index in [4.69, 9.17) is 5.11 Å². The van der Waals surface area contributed by atoms with Crippen molar-refractivity contribution in [3.05, 3.63) is 23.5 Å². The topological polar surface area (TPSA) is 71.2 Å². The van der Waals surface area contributed by atoms with Gasteiger partial charge in [0.05, 0.1) is 23.5 Å². The molecule has 0 unspecified atom stereocenters. The van der Waals surface area contributed by atoms with Crippen molar-refractivity contribution in [3.8, 4) is 0 Å². The number of aryl methyl sites for hydroxylation is 1. The minimum atomic E-state index is -0.939. The first kappa shape index (κ1) is 14.0. The van der Waals surface area contributed by atoms with Gasteiger partial charge in [0.1, 0.15) is 0 Å². The lowest BCUT2D eigenvalue weighted by Gasteiger charge is -2.31. The van der Waals surface area contributed by atoms with Crippen molar-refractivity contribution < 1.29 is 9.90 Å². The number of aromatic nitrogens is 3. The predicted octanol–water partition coefficient (Wildman–Crippen LogP) is 2.09. The van der Waals surface area contributed by atoms with Crippen LogP contribution in [0.1, 0.15) is 41.9 Å². The molecule has 2 aromatic heterocycles. The number of pyridine rings is 1. The Bertz CT molecular complexity index is 672. The number of fused-ring (bicyclic) bond motifs is 1. The standard InChI is InChI=1S/C15H20N4O2/c1-3-18-6-4-12(5-7-18)19-14-11(9-16-19)8-13(15(20)21)10(2)17-14/h8-9,12H,3-7H2,1-2H3,(H,20,21). The number of likely N-dealkylation sites (tertiary alicyclic amines) is 1. The van der Waals surface area contributed by atoms with E-state index >= 15 is 0 Å². The molecule has 3 heterocycles. The predicted molar refractivity (Wildman–Crippen MR) is 79.6 cm³/mol. The summed E-state index contributed by atoms with van der Waals surface area (Å²) in [7, 11) is 0. The second-order valence-electron chi connectivity index (χ2n) is 5.59. The molecule has 2 aromatic rings. The van der Waals surface area contributed by atoms with Crippen molar-refractivity contribution in [1.82, 2.24) is 19.7 Å². The Morgan fingerprint density at radius 1 is 1.43 bits per heavy atom. The van der Waals surface area contributed by atoms with Gasteiger partial charge in [-0.2, -0.15) is 5.10 Å². The number of aromatic carboxylic acids is 1. The molecule has 0 bridgehead atoms. The first-order chi connectivity index (χ1) is 10.1. The monoisotopic (exact) mass is 288 g/mol. The Labute approximate surface area is 123 Å².